The van der Waals surface area contributed by atoms with Gasteiger partial charge in [0.1, 0.15) is 6.10 Å². The highest BCUT2D eigenvalue weighted by atomic mass is 16.7. The third-order valence-electron chi connectivity index (χ3n) is 7.96. The zero-order valence-corrected chi connectivity index (χ0v) is 28.3. The van der Waals surface area contributed by atoms with E-state index in [1.165, 1.54) is 70.6 Å². The number of allylic oxidation sites excluding steroid dienone is 2. The highest BCUT2D eigenvalue weighted by Crippen LogP contribution is 2.34. The summed E-state index contributed by atoms with van der Waals surface area (Å²) in [5.41, 5.74) is -0.439. The third kappa shape index (κ3) is 20.6. The van der Waals surface area contributed by atoms with Gasteiger partial charge in [-0.05, 0) is 65.2 Å². The fourth-order valence-electron chi connectivity index (χ4n) is 5.13. The van der Waals surface area contributed by atoms with Gasteiger partial charge < -0.3 is 25.4 Å². The second-order valence-corrected chi connectivity index (χ2v) is 13.3. The average Bonchev–Trinajstić information content (AvgIpc) is 2.96. The molecule has 0 radical (unpaired) electrons. The maximum Gasteiger partial charge on any atom is 0.249 e. The van der Waals surface area contributed by atoms with Crippen LogP contribution >= 0.6 is 0 Å². The van der Waals surface area contributed by atoms with Crippen LogP contribution in [0.4, 0.5) is 0 Å². The van der Waals surface area contributed by atoms with Crippen molar-refractivity contribution in [3.8, 4) is 0 Å². The van der Waals surface area contributed by atoms with Crippen LogP contribution in [-0.2, 0) is 23.9 Å². The average molecular weight is 608 g/mol. The summed E-state index contributed by atoms with van der Waals surface area (Å²) in [6.45, 7) is 11.7. The summed E-state index contributed by atoms with van der Waals surface area (Å²) < 4.78 is 11.5. The minimum absolute atomic E-state index is 0.0824. The molecule has 0 aromatic heterocycles. The Morgan fingerprint density at radius 3 is 1.77 bits per heavy atom. The lowest BCUT2D eigenvalue weighted by molar-refractivity contribution is -0.304. The van der Waals surface area contributed by atoms with Crippen molar-refractivity contribution in [1.29, 1.82) is 0 Å². The van der Waals surface area contributed by atoms with Crippen LogP contribution in [0.15, 0.2) is 12.2 Å². The Morgan fingerprint density at radius 1 is 0.651 bits per heavy atom. The Hall–Kier alpha value is -1.93. The standard InChI is InChI=1S/C35H65N3O5/c1-6-7-8-9-10-11-12-13-14-15-16-17-18-19-21-24-30(39)36-26-22-20-23-27-37-31(40)25-28-38-33(41)32-34(2,3)29-42-35(4,5)43-32/h13-14,32H,6-12,15-29H2,1-5H3,(H,36,39)(H,37,40)(H,38,41)/b14-13-. The number of carbonyl (C=O) groups is 3. The predicted octanol–water partition coefficient (Wildman–Crippen LogP) is 7.11. The van der Waals surface area contributed by atoms with E-state index < -0.39 is 17.3 Å². The molecule has 8 nitrogen and oxygen atoms in total. The number of amides is 3. The SMILES string of the molecule is CCCCCCCC/C=C\CCCCCCCC(=O)NCCCCCNC(=O)CCNC(=O)C1OC(C)(C)OCC1(C)C. The Bertz CT molecular complexity index is 796. The summed E-state index contributed by atoms with van der Waals surface area (Å²) in [4.78, 5) is 36.8. The van der Waals surface area contributed by atoms with Crippen LogP contribution in [-0.4, -0.2) is 55.9 Å². The molecule has 0 aromatic rings. The van der Waals surface area contributed by atoms with Gasteiger partial charge in [-0.1, -0.05) is 84.3 Å². The molecule has 1 aliphatic heterocycles. The van der Waals surface area contributed by atoms with Gasteiger partial charge in [-0.3, -0.25) is 14.4 Å². The van der Waals surface area contributed by atoms with E-state index >= 15 is 0 Å². The third-order valence-corrected chi connectivity index (χ3v) is 7.96. The number of carbonyl (C=O) groups excluding carboxylic acids is 3. The number of hydrogen-bond donors (Lipinski definition) is 3. The summed E-state index contributed by atoms with van der Waals surface area (Å²) in [7, 11) is 0. The Kier molecular flexibility index (Phi) is 21.3. The van der Waals surface area contributed by atoms with Gasteiger partial charge in [0.2, 0.25) is 17.7 Å². The second-order valence-electron chi connectivity index (χ2n) is 13.3. The van der Waals surface area contributed by atoms with E-state index in [4.69, 9.17) is 9.47 Å². The molecule has 43 heavy (non-hydrogen) atoms. The summed E-state index contributed by atoms with van der Waals surface area (Å²) in [5.74, 6) is -0.956. The Labute approximate surface area is 263 Å². The first-order valence-corrected chi connectivity index (χ1v) is 17.4. The summed E-state index contributed by atoms with van der Waals surface area (Å²) in [5, 5.41) is 8.74. The molecule has 1 rings (SSSR count). The van der Waals surface area contributed by atoms with Gasteiger partial charge in [-0.2, -0.15) is 0 Å². The molecule has 1 atom stereocenters. The second kappa shape index (κ2) is 23.5. The number of nitrogens with one attached hydrogen (secondary N) is 3. The molecule has 1 fully saturated rings. The van der Waals surface area contributed by atoms with E-state index in [1.54, 1.807) is 13.8 Å². The van der Waals surface area contributed by atoms with E-state index in [2.05, 4.69) is 35.0 Å². The molecular weight excluding hydrogens is 542 g/mol. The maximum atomic E-state index is 12.6. The largest absolute Gasteiger partial charge is 0.356 e. The lowest BCUT2D eigenvalue weighted by atomic mass is 9.85. The van der Waals surface area contributed by atoms with Gasteiger partial charge in [-0.25, -0.2) is 0 Å². The Morgan fingerprint density at radius 2 is 1.16 bits per heavy atom. The Balaban J connectivity index is 1.90. The quantitative estimate of drug-likeness (QED) is 0.0758. The van der Waals surface area contributed by atoms with Crippen molar-refractivity contribution in [3.63, 3.8) is 0 Å². The number of rotatable bonds is 25. The molecule has 3 amide bonds. The lowest BCUT2D eigenvalue weighted by Crippen LogP contribution is -2.56. The molecule has 1 aliphatic rings. The van der Waals surface area contributed by atoms with Crippen molar-refractivity contribution in [1.82, 2.24) is 16.0 Å². The fourth-order valence-corrected chi connectivity index (χ4v) is 5.13. The summed E-state index contributed by atoms with van der Waals surface area (Å²) in [6.07, 6.45) is 24.0. The van der Waals surface area contributed by atoms with Gasteiger partial charge in [-0.15, -0.1) is 0 Å². The zero-order chi connectivity index (χ0) is 31.8. The molecule has 0 saturated carbocycles. The molecule has 0 spiro atoms. The van der Waals surface area contributed by atoms with Gasteiger partial charge >= 0.3 is 0 Å². The van der Waals surface area contributed by atoms with Crippen LogP contribution in [0, 0.1) is 5.41 Å². The highest BCUT2D eigenvalue weighted by molar-refractivity contribution is 5.83. The van der Waals surface area contributed by atoms with Crippen LogP contribution in [0.5, 0.6) is 0 Å². The van der Waals surface area contributed by atoms with Crippen molar-refractivity contribution in [2.75, 3.05) is 26.2 Å². The lowest BCUT2D eigenvalue weighted by Gasteiger charge is -2.44. The van der Waals surface area contributed by atoms with E-state index in [0.29, 0.717) is 26.1 Å². The van der Waals surface area contributed by atoms with Crippen LogP contribution in [0.25, 0.3) is 0 Å². The first-order chi connectivity index (χ1) is 20.6. The van der Waals surface area contributed by atoms with E-state index in [9.17, 15) is 14.4 Å². The predicted molar refractivity (Wildman–Crippen MR) is 176 cm³/mol. The molecule has 1 heterocycles. The number of ether oxygens (including phenoxy) is 2. The highest BCUT2D eigenvalue weighted by Gasteiger charge is 2.45. The van der Waals surface area contributed by atoms with Crippen molar-refractivity contribution in [2.45, 2.75) is 162 Å². The first-order valence-electron chi connectivity index (χ1n) is 17.4. The molecule has 3 N–H and O–H groups in total. The van der Waals surface area contributed by atoms with E-state index in [-0.39, 0.29) is 30.7 Å². The van der Waals surface area contributed by atoms with Crippen molar-refractivity contribution < 1.29 is 23.9 Å². The van der Waals surface area contributed by atoms with Crippen molar-refractivity contribution >= 4 is 17.7 Å². The normalized spacial score (nSPS) is 17.6. The monoisotopic (exact) mass is 607 g/mol. The van der Waals surface area contributed by atoms with Crippen LogP contribution in [0.1, 0.15) is 150 Å². The van der Waals surface area contributed by atoms with Crippen LogP contribution < -0.4 is 16.0 Å². The van der Waals surface area contributed by atoms with Crippen LogP contribution in [0.3, 0.4) is 0 Å². The number of unbranched alkanes of at least 4 members (excludes halogenated alkanes) is 13. The molecule has 1 saturated heterocycles. The van der Waals surface area contributed by atoms with Gasteiger partial charge in [0.05, 0.1) is 6.61 Å². The molecule has 0 aromatic carbocycles. The van der Waals surface area contributed by atoms with Gasteiger partial charge in [0, 0.05) is 37.9 Å². The molecule has 250 valence electrons. The maximum absolute atomic E-state index is 12.6. The van der Waals surface area contributed by atoms with Gasteiger partial charge in [0.15, 0.2) is 5.79 Å². The summed E-state index contributed by atoms with van der Waals surface area (Å²) >= 11 is 0. The molecule has 0 bridgehead atoms. The molecule has 8 heteroatoms. The zero-order valence-electron chi connectivity index (χ0n) is 28.3. The van der Waals surface area contributed by atoms with Gasteiger partial charge in [0.25, 0.3) is 0 Å². The first kappa shape index (κ1) is 39.1. The summed E-state index contributed by atoms with van der Waals surface area (Å²) in [6, 6.07) is 0. The minimum atomic E-state index is -0.804. The topological polar surface area (TPSA) is 106 Å². The number of hydrogen-bond acceptors (Lipinski definition) is 5. The van der Waals surface area contributed by atoms with E-state index in [0.717, 1.165) is 32.1 Å². The van der Waals surface area contributed by atoms with Crippen molar-refractivity contribution in [2.24, 2.45) is 5.41 Å². The van der Waals surface area contributed by atoms with Crippen molar-refractivity contribution in [3.05, 3.63) is 12.2 Å². The smallest absolute Gasteiger partial charge is 0.249 e. The molecule has 1 unspecified atom stereocenters. The molecule has 0 aliphatic carbocycles. The molecular formula is C35H65N3O5. The van der Waals surface area contributed by atoms with Crippen LogP contribution in [0.2, 0.25) is 0 Å². The minimum Gasteiger partial charge on any atom is -0.356 e. The van der Waals surface area contributed by atoms with E-state index in [1.807, 2.05) is 13.8 Å². The fraction of sp³-hybridized carbons (Fsp3) is 0.857.